The molecule has 1 amide bonds. The van der Waals surface area contributed by atoms with E-state index in [1.807, 2.05) is 13.8 Å². The van der Waals surface area contributed by atoms with Gasteiger partial charge in [-0.2, -0.15) is 0 Å². The second-order valence-electron chi connectivity index (χ2n) is 7.28. The minimum Gasteiger partial charge on any atom is -0.379 e. The lowest BCUT2D eigenvalue weighted by Gasteiger charge is -2.35. The van der Waals surface area contributed by atoms with Gasteiger partial charge in [-0.25, -0.2) is 0 Å². The molecule has 1 rings (SSSR count). The predicted octanol–water partition coefficient (Wildman–Crippen LogP) is 1.43. The van der Waals surface area contributed by atoms with Gasteiger partial charge in [-0.3, -0.25) is 14.7 Å². The highest BCUT2D eigenvalue weighted by molar-refractivity contribution is 14.0. The molecule has 0 saturated carbocycles. The van der Waals surface area contributed by atoms with Crippen LogP contribution in [0, 0.1) is 5.92 Å². The van der Waals surface area contributed by atoms with Crippen molar-refractivity contribution in [2.75, 3.05) is 46.4 Å². The summed E-state index contributed by atoms with van der Waals surface area (Å²) >= 11 is 0. The first-order valence-electron chi connectivity index (χ1n) is 9.48. The molecule has 0 aliphatic carbocycles. The molecule has 1 unspecified atom stereocenters. The van der Waals surface area contributed by atoms with Crippen LogP contribution in [0.25, 0.3) is 0 Å². The number of carbonyl (C=O) groups excluding carboxylic acids is 1. The minimum absolute atomic E-state index is 0. The number of aliphatic imine (C=N–C) groups is 1. The molecule has 1 saturated heterocycles. The Hall–Kier alpha value is -0.610. The van der Waals surface area contributed by atoms with E-state index in [9.17, 15) is 4.79 Å². The Balaban J connectivity index is 0.00000625. The summed E-state index contributed by atoms with van der Waals surface area (Å²) < 4.78 is 5.47. The van der Waals surface area contributed by atoms with Crippen LogP contribution >= 0.6 is 24.0 Å². The van der Waals surface area contributed by atoms with Crippen LogP contribution in [0.5, 0.6) is 0 Å². The third kappa shape index (κ3) is 11.2. The van der Waals surface area contributed by atoms with Crippen LogP contribution in [0.15, 0.2) is 4.99 Å². The fourth-order valence-corrected chi connectivity index (χ4v) is 2.97. The first-order chi connectivity index (χ1) is 11.9. The van der Waals surface area contributed by atoms with E-state index >= 15 is 0 Å². The van der Waals surface area contributed by atoms with Crippen molar-refractivity contribution >= 4 is 35.8 Å². The van der Waals surface area contributed by atoms with Crippen molar-refractivity contribution in [2.45, 2.75) is 52.6 Å². The van der Waals surface area contributed by atoms with Gasteiger partial charge < -0.3 is 20.7 Å². The van der Waals surface area contributed by atoms with Gasteiger partial charge in [-0.15, -0.1) is 24.0 Å². The van der Waals surface area contributed by atoms with Gasteiger partial charge in [0.2, 0.25) is 5.91 Å². The van der Waals surface area contributed by atoms with Crippen LogP contribution in [-0.2, 0) is 9.53 Å². The maximum absolute atomic E-state index is 11.7. The Morgan fingerprint density at radius 3 is 2.35 bits per heavy atom. The topological polar surface area (TPSA) is 78.0 Å². The highest BCUT2D eigenvalue weighted by atomic mass is 127. The number of nitrogens with one attached hydrogen (secondary N) is 3. The first kappa shape index (κ1) is 25.4. The lowest BCUT2D eigenvalue weighted by molar-refractivity contribution is -0.121. The Kier molecular flexibility index (Phi) is 14.1. The van der Waals surface area contributed by atoms with E-state index in [1.54, 1.807) is 7.05 Å². The molecule has 1 aliphatic heterocycles. The number of morpholine rings is 1. The molecule has 0 aromatic carbocycles. The Morgan fingerprint density at radius 1 is 1.15 bits per heavy atom. The molecule has 154 valence electrons. The maximum atomic E-state index is 11.7. The number of amides is 1. The largest absolute Gasteiger partial charge is 0.379 e. The molecule has 0 radical (unpaired) electrons. The molecule has 26 heavy (non-hydrogen) atoms. The highest BCUT2D eigenvalue weighted by Crippen LogP contribution is 2.12. The van der Waals surface area contributed by atoms with Gasteiger partial charge in [-0.1, -0.05) is 13.8 Å². The van der Waals surface area contributed by atoms with Gasteiger partial charge in [0, 0.05) is 51.7 Å². The van der Waals surface area contributed by atoms with Gasteiger partial charge in [0.15, 0.2) is 5.96 Å². The second-order valence-corrected chi connectivity index (χ2v) is 7.28. The summed E-state index contributed by atoms with van der Waals surface area (Å²) in [7, 11) is 1.76. The molecule has 1 heterocycles. The fraction of sp³-hybridized carbons (Fsp3) is 0.889. The molecule has 0 aromatic heterocycles. The normalized spacial score (nSPS) is 17.0. The van der Waals surface area contributed by atoms with Crippen LogP contribution in [0.2, 0.25) is 0 Å². The van der Waals surface area contributed by atoms with Gasteiger partial charge in [0.25, 0.3) is 0 Å². The van der Waals surface area contributed by atoms with Gasteiger partial charge in [0.05, 0.1) is 13.2 Å². The Morgan fingerprint density at radius 2 is 1.81 bits per heavy atom. The van der Waals surface area contributed by atoms with Gasteiger partial charge in [-0.05, 0) is 26.2 Å². The molecule has 1 aliphatic rings. The minimum atomic E-state index is 0. The van der Waals surface area contributed by atoms with Crippen molar-refractivity contribution in [1.29, 1.82) is 0 Å². The van der Waals surface area contributed by atoms with Crippen LogP contribution < -0.4 is 16.0 Å². The van der Waals surface area contributed by atoms with E-state index in [1.165, 1.54) is 0 Å². The van der Waals surface area contributed by atoms with Crippen molar-refractivity contribution in [1.82, 2.24) is 20.9 Å². The number of guanidine groups is 1. The van der Waals surface area contributed by atoms with E-state index in [-0.39, 0.29) is 35.9 Å². The number of ether oxygens (including phenoxy) is 1. The monoisotopic (exact) mass is 483 g/mol. The first-order valence-corrected chi connectivity index (χ1v) is 9.48. The zero-order valence-corrected chi connectivity index (χ0v) is 19.3. The standard InChI is InChI=1S/C18H37N5O2.HI/c1-14(2)12-16(23-8-10-25-11-9-23)13-21-18(19-5)20-7-6-17(24)22-15(3)4;/h14-16H,6-13H2,1-5H3,(H,22,24)(H2,19,20,21);1H. The van der Waals surface area contributed by atoms with Gasteiger partial charge in [0.1, 0.15) is 0 Å². The quantitative estimate of drug-likeness (QED) is 0.263. The summed E-state index contributed by atoms with van der Waals surface area (Å²) in [6.45, 7) is 13.5. The molecular formula is C18H38IN5O2. The van der Waals surface area contributed by atoms with Crippen LogP contribution in [0.4, 0.5) is 0 Å². The molecule has 1 fully saturated rings. The molecule has 1 atom stereocenters. The number of nitrogens with zero attached hydrogens (tertiary/aromatic N) is 2. The van der Waals surface area contributed by atoms with Crippen molar-refractivity contribution in [3.8, 4) is 0 Å². The SMILES string of the molecule is CN=C(NCCC(=O)NC(C)C)NCC(CC(C)C)N1CCOCC1.I. The average molecular weight is 483 g/mol. The summed E-state index contributed by atoms with van der Waals surface area (Å²) in [5.41, 5.74) is 0. The molecule has 3 N–H and O–H groups in total. The molecule has 0 spiro atoms. The third-order valence-corrected chi connectivity index (χ3v) is 4.13. The van der Waals surface area contributed by atoms with E-state index in [0.717, 1.165) is 45.2 Å². The smallest absolute Gasteiger partial charge is 0.221 e. The predicted molar refractivity (Wildman–Crippen MR) is 118 cm³/mol. The van der Waals surface area contributed by atoms with Crippen LogP contribution in [0.1, 0.15) is 40.5 Å². The lowest BCUT2D eigenvalue weighted by Crippen LogP contribution is -2.51. The summed E-state index contributed by atoms with van der Waals surface area (Å²) in [6, 6.07) is 0.641. The maximum Gasteiger partial charge on any atom is 0.221 e. The van der Waals surface area contributed by atoms with Gasteiger partial charge >= 0.3 is 0 Å². The van der Waals surface area contributed by atoms with E-state index in [0.29, 0.717) is 24.9 Å². The van der Waals surface area contributed by atoms with E-state index in [4.69, 9.17) is 4.74 Å². The molecule has 0 aromatic rings. The summed E-state index contributed by atoms with van der Waals surface area (Å²) in [6.07, 6.45) is 1.58. The highest BCUT2D eigenvalue weighted by Gasteiger charge is 2.22. The second kappa shape index (κ2) is 14.4. The number of rotatable bonds is 9. The van der Waals surface area contributed by atoms with Crippen LogP contribution in [0.3, 0.4) is 0 Å². The lowest BCUT2D eigenvalue weighted by atomic mass is 10.0. The van der Waals surface area contributed by atoms with Crippen molar-refractivity contribution in [3.05, 3.63) is 0 Å². The van der Waals surface area contributed by atoms with Crippen molar-refractivity contribution in [2.24, 2.45) is 10.9 Å². The zero-order valence-electron chi connectivity index (χ0n) is 17.0. The summed E-state index contributed by atoms with van der Waals surface area (Å²) in [4.78, 5) is 18.4. The number of halogens is 1. The van der Waals surface area contributed by atoms with Crippen molar-refractivity contribution < 1.29 is 9.53 Å². The molecule has 0 bridgehead atoms. The number of hydrogen-bond donors (Lipinski definition) is 3. The number of carbonyl (C=O) groups is 1. The summed E-state index contributed by atoms with van der Waals surface area (Å²) in [5.74, 6) is 1.45. The zero-order chi connectivity index (χ0) is 18.7. The third-order valence-electron chi connectivity index (χ3n) is 4.13. The Labute approximate surface area is 176 Å². The van der Waals surface area contributed by atoms with E-state index < -0.39 is 0 Å². The van der Waals surface area contributed by atoms with Crippen LogP contribution in [-0.4, -0.2) is 75.3 Å². The number of hydrogen-bond acceptors (Lipinski definition) is 4. The average Bonchev–Trinajstić information content (AvgIpc) is 2.56. The molecule has 8 heteroatoms. The summed E-state index contributed by atoms with van der Waals surface area (Å²) in [5, 5.41) is 9.52. The fourth-order valence-electron chi connectivity index (χ4n) is 2.97. The molecule has 7 nitrogen and oxygen atoms in total. The van der Waals surface area contributed by atoms with E-state index in [2.05, 4.69) is 39.7 Å². The Bertz CT molecular complexity index is 412. The van der Waals surface area contributed by atoms with Crippen molar-refractivity contribution in [3.63, 3.8) is 0 Å². The molecular weight excluding hydrogens is 445 g/mol.